The van der Waals surface area contributed by atoms with Gasteiger partial charge in [0.1, 0.15) is 0 Å². The average Bonchev–Trinajstić information content (AvgIpc) is 2.77. The van der Waals surface area contributed by atoms with Crippen molar-refractivity contribution in [1.29, 1.82) is 0 Å². The maximum absolute atomic E-state index is 12.1. The Labute approximate surface area is 128 Å². The van der Waals surface area contributed by atoms with E-state index < -0.39 is 6.09 Å². The Morgan fingerprint density at radius 3 is 2.41 bits per heavy atom. The summed E-state index contributed by atoms with van der Waals surface area (Å²) in [5.41, 5.74) is 5.82. The third-order valence-corrected chi connectivity index (χ3v) is 3.26. The summed E-state index contributed by atoms with van der Waals surface area (Å²) in [6.07, 6.45) is 1.18. The second-order valence-corrected chi connectivity index (χ2v) is 4.85. The number of fused-ring (bicyclic) bond motifs is 1. The van der Waals surface area contributed by atoms with Crippen molar-refractivity contribution in [2.24, 2.45) is 0 Å². The molecular weight excluding hydrogens is 286 g/mol. The summed E-state index contributed by atoms with van der Waals surface area (Å²) in [5.74, 6) is -0.624. The van der Waals surface area contributed by atoms with Crippen molar-refractivity contribution in [3.05, 3.63) is 35.4 Å². The van der Waals surface area contributed by atoms with E-state index in [0.29, 0.717) is 17.7 Å². The number of hydrogen-bond acceptors (Lipinski definition) is 5. The highest BCUT2D eigenvalue weighted by atomic mass is 16.6. The van der Waals surface area contributed by atoms with Gasteiger partial charge < -0.3 is 4.74 Å². The zero-order valence-corrected chi connectivity index (χ0v) is 12.4. The Morgan fingerprint density at radius 2 is 1.82 bits per heavy atom. The fourth-order valence-electron chi connectivity index (χ4n) is 2.09. The smallest absolute Gasteiger partial charge is 0.421 e. The van der Waals surface area contributed by atoms with Gasteiger partial charge in [-0.3, -0.25) is 19.9 Å². The highest BCUT2D eigenvalue weighted by molar-refractivity contribution is 6.21. The van der Waals surface area contributed by atoms with Crippen molar-refractivity contribution in [1.82, 2.24) is 15.8 Å². The quantitative estimate of drug-likeness (QED) is 0.450. The molecule has 1 aromatic carbocycles. The molecule has 0 fully saturated rings. The summed E-state index contributed by atoms with van der Waals surface area (Å²) in [4.78, 5) is 36.6. The number of benzene rings is 1. The molecule has 0 aromatic heterocycles. The highest BCUT2D eigenvalue weighted by Crippen LogP contribution is 2.21. The van der Waals surface area contributed by atoms with Crippen LogP contribution in [0.5, 0.6) is 0 Å². The molecule has 7 nitrogen and oxygen atoms in total. The maximum atomic E-state index is 12.1. The molecule has 1 aromatic rings. The molecule has 1 heterocycles. The number of imide groups is 1. The first-order valence-electron chi connectivity index (χ1n) is 7.26. The predicted molar refractivity (Wildman–Crippen MR) is 79.2 cm³/mol. The number of ether oxygens (including phenoxy) is 1. The van der Waals surface area contributed by atoms with Gasteiger partial charge in [0.25, 0.3) is 11.8 Å². The number of nitrogens with one attached hydrogen (secondary N) is 2. The molecule has 0 saturated carbocycles. The minimum Gasteiger partial charge on any atom is -0.449 e. The topological polar surface area (TPSA) is 87.7 Å². The lowest BCUT2D eigenvalue weighted by atomic mass is 10.1. The molecular formula is C15H19N3O4. The van der Waals surface area contributed by atoms with E-state index in [1.165, 1.54) is 0 Å². The van der Waals surface area contributed by atoms with Gasteiger partial charge in [0.15, 0.2) is 0 Å². The van der Waals surface area contributed by atoms with Gasteiger partial charge in [-0.1, -0.05) is 25.5 Å². The van der Waals surface area contributed by atoms with Gasteiger partial charge in [0.2, 0.25) is 0 Å². The minimum absolute atomic E-state index is 0.168. The SMILES string of the molecule is CCCCOC(=O)NNCCN1C(=O)c2ccccc2C1=O. The lowest BCUT2D eigenvalue weighted by molar-refractivity contribution is 0.0654. The zero-order valence-electron chi connectivity index (χ0n) is 12.4. The van der Waals surface area contributed by atoms with Crippen LogP contribution in [0.3, 0.4) is 0 Å². The summed E-state index contributed by atoms with van der Waals surface area (Å²) >= 11 is 0. The van der Waals surface area contributed by atoms with Crippen LogP contribution in [0.15, 0.2) is 24.3 Å². The van der Waals surface area contributed by atoms with Crippen LogP contribution >= 0.6 is 0 Å². The van der Waals surface area contributed by atoms with E-state index in [9.17, 15) is 14.4 Å². The van der Waals surface area contributed by atoms with E-state index in [2.05, 4.69) is 10.9 Å². The van der Waals surface area contributed by atoms with Crippen molar-refractivity contribution < 1.29 is 19.1 Å². The van der Waals surface area contributed by atoms with Gasteiger partial charge in [-0.25, -0.2) is 10.2 Å². The van der Waals surface area contributed by atoms with E-state index in [1.54, 1.807) is 24.3 Å². The Kier molecular flexibility index (Phi) is 5.48. The number of amides is 3. The van der Waals surface area contributed by atoms with Gasteiger partial charge in [-0.2, -0.15) is 0 Å². The van der Waals surface area contributed by atoms with Gasteiger partial charge in [0.05, 0.1) is 17.7 Å². The second-order valence-electron chi connectivity index (χ2n) is 4.85. The minimum atomic E-state index is -0.573. The molecule has 2 N–H and O–H groups in total. The van der Waals surface area contributed by atoms with Crippen LogP contribution in [0.25, 0.3) is 0 Å². The Hall–Kier alpha value is -2.41. The monoisotopic (exact) mass is 305 g/mol. The number of nitrogens with zero attached hydrogens (tertiary/aromatic N) is 1. The van der Waals surface area contributed by atoms with Gasteiger partial charge >= 0.3 is 6.09 Å². The van der Waals surface area contributed by atoms with Crippen LogP contribution in [-0.2, 0) is 4.74 Å². The van der Waals surface area contributed by atoms with Gasteiger partial charge in [0, 0.05) is 13.1 Å². The lowest BCUT2D eigenvalue weighted by Crippen LogP contribution is -2.43. The summed E-state index contributed by atoms with van der Waals surface area (Å²) in [7, 11) is 0. The first-order chi connectivity index (χ1) is 10.6. The molecule has 0 bridgehead atoms. The maximum Gasteiger partial charge on any atom is 0.421 e. The number of rotatable bonds is 7. The fraction of sp³-hybridized carbons (Fsp3) is 0.400. The average molecular weight is 305 g/mol. The van der Waals surface area contributed by atoms with E-state index in [-0.39, 0.29) is 24.9 Å². The Morgan fingerprint density at radius 1 is 1.18 bits per heavy atom. The van der Waals surface area contributed by atoms with Crippen LogP contribution in [0.2, 0.25) is 0 Å². The molecule has 0 radical (unpaired) electrons. The third-order valence-electron chi connectivity index (χ3n) is 3.26. The number of hydrogen-bond donors (Lipinski definition) is 2. The van der Waals surface area contributed by atoms with Crippen LogP contribution in [0.4, 0.5) is 4.79 Å². The van der Waals surface area contributed by atoms with Crippen molar-refractivity contribution >= 4 is 17.9 Å². The predicted octanol–water partition coefficient (Wildman–Crippen LogP) is 1.31. The van der Waals surface area contributed by atoms with Crippen molar-refractivity contribution in [3.63, 3.8) is 0 Å². The van der Waals surface area contributed by atoms with E-state index in [0.717, 1.165) is 17.7 Å². The summed E-state index contributed by atoms with van der Waals surface area (Å²) in [6, 6.07) is 6.71. The molecule has 0 spiro atoms. The number of carbonyl (C=O) groups is 3. The highest BCUT2D eigenvalue weighted by Gasteiger charge is 2.34. The zero-order chi connectivity index (χ0) is 15.9. The second kappa shape index (κ2) is 7.56. The standard InChI is InChI=1S/C15H19N3O4/c1-2-3-10-22-15(21)17-16-8-9-18-13(19)11-6-4-5-7-12(11)14(18)20/h4-7,16H,2-3,8-10H2,1H3,(H,17,21). The molecule has 0 atom stereocenters. The van der Waals surface area contributed by atoms with Crippen molar-refractivity contribution in [3.8, 4) is 0 Å². The van der Waals surface area contributed by atoms with Gasteiger partial charge in [-0.15, -0.1) is 0 Å². The molecule has 118 valence electrons. The molecule has 0 aliphatic carbocycles. The van der Waals surface area contributed by atoms with Gasteiger partial charge in [-0.05, 0) is 18.6 Å². The normalized spacial score (nSPS) is 13.2. The largest absolute Gasteiger partial charge is 0.449 e. The number of unbranched alkanes of at least 4 members (excludes halogenated alkanes) is 1. The molecule has 1 aliphatic rings. The van der Waals surface area contributed by atoms with E-state index in [1.807, 2.05) is 6.92 Å². The van der Waals surface area contributed by atoms with Crippen molar-refractivity contribution in [2.75, 3.05) is 19.7 Å². The first kappa shape index (κ1) is 16.0. The summed E-state index contributed by atoms with van der Waals surface area (Å²) in [5, 5.41) is 0. The molecule has 0 unspecified atom stereocenters. The lowest BCUT2D eigenvalue weighted by Gasteiger charge is -2.14. The molecule has 3 amide bonds. The van der Waals surface area contributed by atoms with Crippen LogP contribution in [-0.4, -0.2) is 42.5 Å². The molecule has 2 rings (SSSR count). The summed E-state index contributed by atoms with van der Waals surface area (Å²) in [6.45, 7) is 2.78. The first-order valence-corrected chi connectivity index (χ1v) is 7.26. The van der Waals surface area contributed by atoms with Crippen LogP contribution < -0.4 is 10.9 Å². The summed E-state index contributed by atoms with van der Waals surface area (Å²) < 4.78 is 4.89. The Balaban J connectivity index is 1.74. The van der Waals surface area contributed by atoms with Crippen LogP contribution in [0, 0.1) is 0 Å². The van der Waals surface area contributed by atoms with E-state index in [4.69, 9.17) is 4.74 Å². The van der Waals surface area contributed by atoms with Crippen molar-refractivity contribution in [2.45, 2.75) is 19.8 Å². The fourth-order valence-corrected chi connectivity index (χ4v) is 2.09. The number of hydrazine groups is 1. The Bertz CT molecular complexity index is 539. The molecule has 1 aliphatic heterocycles. The molecule has 7 heteroatoms. The van der Waals surface area contributed by atoms with E-state index >= 15 is 0 Å². The number of carbonyl (C=O) groups excluding carboxylic acids is 3. The molecule has 22 heavy (non-hydrogen) atoms. The molecule has 0 saturated heterocycles. The van der Waals surface area contributed by atoms with Crippen LogP contribution in [0.1, 0.15) is 40.5 Å². The third kappa shape index (κ3) is 3.62.